The van der Waals surface area contributed by atoms with E-state index in [9.17, 15) is 9.59 Å². The van der Waals surface area contributed by atoms with E-state index in [4.69, 9.17) is 15.1 Å². The number of carboxylic acid groups (broad SMARTS) is 1. The highest BCUT2D eigenvalue weighted by Gasteiger charge is 2.24. The van der Waals surface area contributed by atoms with Crippen LogP contribution in [0.25, 0.3) is 0 Å². The summed E-state index contributed by atoms with van der Waals surface area (Å²) in [6, 6.07) is 8.06. The van der Waals surface area contributed by atoms with E-state index in [0.29, 0.717) is 11.3 Å². The summed E-state index contributed by atoms with van der Waals surface area (Å²) in [6.07, 6.45) is -0.831. The van der Waals surface area contributed by atoms with Gasteiger partial charge < -0.3 is 15.2 Å². The van der Waals surface area contributed by atoms with Gasteiger partial charge in [0, 0.05) is 6.04 Å². The van der Waals surface area contributed by atoms with E-state index in [2.05, 4.69) is 5.32 Å². The average Bonchev–Trinajstić information content (AvgIpc) is 2.46. The zero-order valence-electron chi connectivity index (χ0n) is 12.2. The van der Waals surface area contributed by atoms with Crippen LogP contribution < -0.4 is 10.1 Å². The van der Waals surface area contributed by atoms with Crippen molar-refractivity contribution in [2.24, 2.45) is 5.92 Å². The SMILES string of the molecule is CC(Oc1ccccc1C#N)C(=O)NC(C)C(C)C(=O)O. The normalized spacial score (nSPS) is 14.4. The molecule has 1 rings (SSSR count). The fourth-order valence-corrected chi connectivity index (χ4v) is 1.59. The van der Waals surface area contributed by atoms with Gasteiger partial charge in [-0.25, -0.2) is 0 Å². The molecular weight excluding hydrogens is 272 g/mol. The topological polar surface area (TPSA) is 99.4 Å². The van der Waals surface area contributed by atoms with Crippen LogP contribution in [0.5, 0.6) is 5.75 Å². The number of carbonyl (C=O) groups is 2. The third-order valence-electron chi connectivity index (χ3n) is 3.19. The lowest BCUT2D eigenvalue weighted by Gasteiger charge is -2.21. The lowest BCUT2D eigenvalue weighted by atomic mass is 10.0. The molecular formula is C15H18N2O4. The number of ether oxygens (including phenoxy) is 1. The molecule has 0 radical (unpaired) electrons. The van der Waals surface area contributed by atoms with Crippen LogP contribution in [0, 0.1) is 17.2 Å². The van der Waals surface area contributed by atoms with Crippen LogP contribution in [-0.4, -0.2) is 29.1 Å². The predicted molar refractivity (Wildman–Crippen MR) is 75.7 cm³/mol. The standard InChI is InChI=1S/C15H18N2O4/c1-9(15(19)20)10(2)17-14(18)11(3)21-13-7-5-4-6-12(13)8-16/h4-7,9-11H,1-3H3,(H,17,18)(H,19,20). The van der Waals surface area contributed by atoms with E-state index >= 15 is 0 Å². The number of aliphatic carboxylic acids is 1. The highest BCUT2D eigenvalue weighted by molar-refractivity contribution is 5.82. The summed E-state index contributed by atoms with van der Waals surface area (Å²) in [5, 5.41) is 20.4. The predicted octanol–water partition coefficient (Wildman–Crippen LogP) is 1.55. The van der Waals surface area contributed by atoms with E-state index in [1.165, 1.54) is 6.92 Å². The van der Waals surface area contributed by atoms with Crippen LogP contribution >= 0.6 is 0 Å². The molecule has 6 nitrogen and oxygen atoms in total. The minimum atomic E-state index is -0.980. The highest BCUT2D eigenvalue weighted by atomic mass is 16.5. The fraction of sp³-hybridized carbons (Fsp3) is 0.400. The molecule has 2 N–H and O–H groups in total. The lowest BCUT2D eigenvalue weighted by Crippen LogP contribution is -2.45. The van der Waals surface area contributed by atoms with Crippen molar-refractivity contribution in [1.29, 1.82) is 5.26 Å². The Morgan fingerprint density at radius 3 is 2.48 bits per heavy atom. The Hall–Kier alpha value is -2.55. The molecule has 3 atom stereocenters. The summed E-state index contributed by atoms with van der Waals surface area (Å²) in [4.78, 5) is 22.8. The molecule has 3 unspecified atom stereocenters. The zero-order valence-corrected chi connectivity index (χ0v) is 12.2. The fourth-order valence-electron chi connectivity index (χ4n) is 1.59. The molecule has 21 heavy (non-hydrogen) atoms. The molecule has 1 amide bonds. The van der Waals surface area contributed by atoms with E-state index in [0.717, 1.165) is 0 Å². The zero-order chi connectivity index (χ0) is 16.0. The number of hydrogen-bond donors (Lipinski definition) is 2. The number of benzene rings is 1. The Balaban J connectivity index is 2.67. The van der Waals surface area contributed by atoms with Gasteiger partial charge in [0.1, 0.15) is 11.8 Å². The molecule has 0 fully saturated rings. The lowest BCUT2D eigenvalue weighted by molar-refractivity contribution is -0.142. The maximum atomic E-state index is 12.0. The first-order valence-electron chi connectivity index (χ1n) is 6.55. The van der Waals surface area contributed by atoms with Crippen LogP contribution in [0.3, 0.4) is 0 Å². The summed E-state index contributed by atoms with van der Waals surface area (Å²) in [5.74, 6) is -1.79. The first-order valence-corrected chi connectivity index (χ1v) is 6.55. The molecule has 1 aromatic carbocycles. The second kappa shape index (κ2) is 7.29. The van der Waals surface area contributed by atoms with Gasteiger partial charge in [0.15, 0.2) is 6.10 Å². The molecule has 0 saturated heterocycles. The summed E-state index contributed by atoms with van der Waals surface area (Å²) in [6.45, 7) is 4.68. The number of nitrogens with one attached hydrogen (secondary N) is 1. The number of carboxylic acids is 1. The minimum absolute atomic E-state index is 0.321. The van der Waals surface area contributed by atoms with Gasteiger partial charge in [-0.3, -0.25) is 9.59 Å². The van der Waals surface area contributed by atoms with Crippen molar-refractivity contribution in [2.75, 3.05) is 0 Å². The van der Waals surface area contributed by atoms with Gasteiger partial charge in [0.2, 0.25) is 0 Å². The second-order valence-corrected chi connectivity index (χ2v) is 4.79. The van der Waals surface area contributed by atoms with Gasteiger partial charge in [-0.1, -0.05) is 12.1 Å². The first kappa shape index (κ1) is 16.5. The monoisotopic (exact) mass is 290 g/mol. The molecule has 0 aliphatic heterocycles. The molecule has 0 spiro atoms. The van der Waals surface area contributed by atoms with Crippen molar-refractivity contribution in [3.05, 3.63) is 29.8 Å². The van der Waals surface area contributed by atoms with Gasteiger partial charge in [-0.15, -0.1) is 0 Å². The van der Waals surface area contributed by atoms with Crippen molar-refractivity contribution in [1.82, 2.24) is 5.32 Å². The molecule has 0 aromatic heterocycles. The first-order chi connectivity index (χ1) is 9.86. The number of nitriles is 1. The number of para-hydroxylation sites is 1. The minimum Gasteiger partial charge on any atom is -0.481 e. The van der Waals surface area contributed by atoms with Crippen molar-refractivity contribution < 1.29 is 19.4 Å². The molecule has 0 heterocycles. The van der Waals surface area contributed by atoms with Crippen LogP contribution in [0.4, 0.5) is 0 Å². The Bertz CT molecular complexity index is 565. The second-order valence-electron chi connectivity index (χ2n) is 4.79. The van der Waals surface area contributed by atoms with Crippen molar-refractivity contribution in [2.45, 2.75) is 32.9 Å². The van der Waals surface area contributed by atoms with E-state index in [-0.39, 0.29) is 0 Å². The molecule has 6 heteroatoms. The summed E-state index contributed by atoms with van der Waals surface area (Å²) in [7, 11) is 0. The number of amides is 1. The van der Waals surface area contributed by atoms with E-state index in [1.807, 2.05) is 6.07 Å². The summed E-state index contributed by atoms with van der Waals surface area (Å²) >= 11 is 0. The van der Waals surface area contributed by atoms with Crippen LogP contribution in [0.1, 0.15) is 26.3 Å². The van der Waals surface area contributed by atoms with Crippen molar-refractivity contribution in [3.63, 3.8) is 0 Å². The van der Waals surface area contributed by atoms with Crippen molar-refractivity contribution >= 4 is 11.9 Å². The number of nitrogens with zero attached hydrogens (tertiary/aromatic N) is 1. The Labute approximate surface area is 123 Å². The Kier molecular flexibility index (Phi) is 5.73. The van der Waals surface area contributed by atoms with Crippen molar-refractivity contribution in [3.8, 4) is 11.8 Å². The summed E-state index contributed by atoms with van der Waals surface area (Å²) < 4.78 is 5.46. The van der Waals surface area contributed by atoms with Gasteiger partial charge in [-0.2, -0.15) is 5.26 Å². The molecule has 0 aliphatic carbocycles. The van der Waals surface area contributed by atoms with Crippen LogP contribution in [0.15, 0.2) is 24.3 Å². The Morgan fingerprint density at radius 1 is 1.29 bits per heavy atom. The molecule has 1 aromatic rings. The Morgan fingerprint density at radius 2 is 1.90 bits per heavy atom. The average molecular weight is 290 g/mol. The number of rotatable bonds is 6. The third kappa shape index (κ3) is 4.49. The van der Waals surface area contributed by atoms with Gasteiger partial charge in [0.05, 0.1) is 11.5 Å². The maximum Gasteiger partial charge on any atom is 0.308 e. The smallest absolute Gasteiger partial charge is 0.308 e. The molecule has 0 bridgehead atoms. The number of hydrogen-bond acceptors (Lipinski definition) is 4. The molecule has 0 saturated carbocycles. The van der Waals surface area contributed by atoms with Gasteiger partial charge in [-0.05, 0) is 32.9 Å². The van der Waals surface area contributed by atoms with Crippen LogP contribution in [0.2, 0.25) is 0 Å². The number of carbonyl (C=O) groups excluding carboxylic acids is 1. The quantitative estimate of drug-likeness (QED) is 0.828. The van der Waals surface area contributed by atoms with E-state index < -0.39 is 29.9 Å². The molecule has 0 aliphatic rings. The largest absolute Gasteiger partial charge is 0.481 e. The molecule has 112 valence electrons. The van der Waals surface area contributed by atoms with E-state index in [1.54, 1.807) is 38.1 Å². The van der Waals surface area contributed by atoms with Gasteiger partial charge in [0.25, 0.3) is 5.91 Å². The summed E-state index contributed by atoms with van der Waals surface area (Å²) in [5.41, 5.74) is 0.337. The third-order valence-corrected chi connectivity index (χ3v) is 3.19. The van der Waals surface area contributed by atoms with Crippen LogP contribution in [-0.2, 0) is 9.59 Å². The maximum absolute atomic E-state index is 12.0. The highest BCUT2D eigenvalue weighted by Crippen LogP contribution is 2.18. The van der Waals surface area contributed by atoms with Gasteiger partial charge >= 0.3 is 5.97 Å².